The van der Waals surface area contributed by atoms with E-state index in [0.29, 0.717) is 11.7 Å². The molecule has 1 atom stereocenters. The predicted molar refractivity (Wildman–Crippen MR) is 66.3 cm³/mol. The summed E-state index contributed by atoms with van der Waals surface area (Å²) in [5.41, 5.74) is -0.0939. The van der Waals surface area contributed by atoms with Gasteiger partial charge in [-0.15, -0.1) is 0 Å². The molecule has 0 amide bonds. The molecule has 1 aromatic heterocycles. The van der Waals surface area contributed by atoms with Crippen LogP contribution in [0.1, 0.15) is 25.6 Å². The number of anilines is 1. The molecule has 1 aliphatic heterocycles. The second-order valence-corrected chi connectivity index (χ2v) is 4.38. The van der Waals surface area contributed by atoms with Crippen molar-refractivity contribution in [3.8, 4) is 0 Å². The first-order chi connectivity index (χ1) is 8.28. The molecular weight excluding hydrogens is 218 g/mol. The highest BCUT2D eigenvalue weighted by molar-refractivity contribution is 5.32. The minimum atomic E-state index is -0.0939. The Hall–Kier alpha value is -1.36. The topological polar surface area (TPSA) is 67.0 Å². The van der Waals surface area contributed by atoms with E-state index in [4.69, 9.17) is 4.74 Å². The number of aromatic amines is 1. The summed E-state index contributed by atoms with van der Waals surface area (Å²) in [5, 5.41) is 3.20. The van der Waals surface area contributed by atoms with Crippen LogP contribution in [0.15, 0.2) is 10.9 Å². The van der Waals surface area contributed by atoms with Gasteiger partial charge in [0.2, 0.25) is 0 Å². The molecular formula is C12H19N3O2. The molecule has 2 rings (SSSR count). The molecule has 0 radical (unpaired) electrons. The summed E-state index contributed by atoms with van der Waals surface area (Å²) in [6.07, 6.45) is 2.95. The van der Waals surface area contributed by atoms with Gasteiger partial charge in [0, 0.05) is 32.2 Å². The summed E-state index contributed by atoms with van der Waals surface area (Å²) in [6.45, 7) is 4.56. The Morgan fingerprint density at radius 1 is 1.65 bits per heavy atom. The molecule has 1 aliphatic rings. The average molecular weight is 237 g/mol. The fourth-order valence-electron chi connectivity index (χ4n) is 1.98. The zero-order valence-electron chi connectivity index (χ0n) is 10.2. The van der Waals surface area contributed by atoms with E-state index in [9.17, 15) is 4.79 Å². The molecule has 1 aromatic rings. The largest absolute Gasteiger partial charge is 0.381 e. The van der Waals surface area contributed by atoms with Gasteiger partial charge >= 0.3 is 0 Å². The van der Waals surface area contributed by atoms with Crippen molar-refractivity contribution in [2.75, 3.05) is 25.1 Å². The van der Waals surface area contributed by atoms with E-state index in [1.54, 1.807) is 0 Å². The summed E-state index contributed by atoms with van der Waals surface area (Å²) in [4.78, 5) is 18.4. The Morgan fingerprint density at radius 2 is 2.53 bits per heavy atom. The van der Waals surface area contributed by atoms with E-state index >= 15 is 0 Å². The molecule has 0 aromatic carbocycles. The van der Waals surface area contributed by atoms with Crippen LogP contribution in [0.25, 0.3) is 0 Å². The third kappa shape index (κ3) is 3.56. The summed E-state index contributed by atoms with van der Waals surface area (Å²) >= 11 is 0. The van der Waals surface area contributed by atoms with Crippen molar-refractivity contribution in [1.29, 1.82) is 0 Å². The molecule has 17 heavy (non-hydrogen) atoms. The van der Waals surface area contributed by atoms with Crippen LogP contribution in [0, 0.1) is 5.92 Å². The summed E-state index contributed by atoms with van der Waals surface area (Å²) in [6, 6.07) is 1.50. The van der Waals surface area contributed by atoms with E-state index in [1.807, 2.05) is 6.92 Å². The van der Waals surface area contributed by atoms with E-state index in [-0.39, 0.29) is 5.56 Å². The number of aryl methyl sites for hydroxylation is 1. The van der Waals surface area contributed by atoms with Gasteiger partial charge in [0.25, 0.3) is 5.56 Å². The predicted octanol–water partition coefficient (Wildman–Crippen LogP) is 1.17. The molecule has 2 N–H and O–H groups in total. The maximum atomic E-state index is 11.3. The summed E-state index contributed by atoms with van der Waals surface area (Å²) in [5.74, 6) is 2.05. The van der Waals surface area contributed by atoms with Crippen molar-refractivity contribution in [3.63, 3.8) is 0 Å². The SMILES string of the molecule is CCc1nc(NCCC2CCOC2)cc(=O)[nH]1. The zero-order valence-corrected chi connectivity index (χ0v) is 10.2. The van der Waals surface area contributed by atoms with Crippen LogP contribution >= 0.6 is 0 Å². The molecule has 1 unspecified atom stereocenters. The number of hydrogen-bond acceptors (Lipinski definition) is 4. The highest BCUT2D eigenvalue weighted by atomic mass is 16.5. The number of hydrogen-bond donors (Lipinski definition) is 2. The van der Waals surface area contributed by atoms with Crippen LogP contribution in [0.5, 0.6) is 0 Å². The maximum absolute atomic E-state index is 11.3. The van der Waals surface area contributed by atoms with Crippen molar-refractivity contribution in [1.82, 2.24) is 9.97 Å². The molecule has 0 spiro atoms. The van der Waals surface area contributed by atoms with Crippen LogP contribution in [0.3, 0.4) is 0 Å². The number of nitrogens with zero attached hydrogens (tertiary/aromatic N) is 1. The Morgan fingerprint density at radius 3 is 3.24 bits per heavy atom. The first kappa shape index (κ1) is 12.1. The van der Waals surface area contributed by atoms with Crippen LogP contribution in [0.2, 0.25) is 0 Å². The van der Waals surface area contributed by atoms with Gasteiger partial charge in [-0.1, -0.05) is 6.92 Å². The van der Waals surface area contributed by atoms with Gasteiger partial charge in [-0.3, -0.25) is 4.79 Å². The van der Waals surface area contributed by atoms with Crippen LogP contribution in [-0.4, -0.2) is 29.7 Å². The smallest absolute Gasteiger partial charge is 0.252 e. The van der Waals surface area contributed by atoms with Crippen molar-refractivity contribution in [3.05, 3.63) is 22.2 Å². The van der Waals surface area contributed by atoms with Gasteiger partial charge < -0.3 is 15.0 Å². The fourth-order valence-corrected chi connectivity index (χ4v) is 1.98. The minimum absolute atomic E-state index is 0.0939. The van der Waals surface area contributed by atoms with Gasteiger partial charge in [-0.2, -0.15) is 0 Å². The zero-order chi connectivity index (χ0) is 12.1. The van der Waals surface area contributed by atoms with Crippen LogP contribution in [-0.2, 0) is 11.2 Å². The molecule has 5 nitrogen and oxygen atoms in total. The second kappa shape index (κ2) is 5.82. The number of nitrogens with one attached hydrogen (secondary N) is 2. The van der Waals surface area contributed by atoms with Crippen molar-refractivity contribution < 1.29 is 4.74 Å². The minimum Gasteiger partial charge on any atom is -0.381 e. The fraction of sp³-hybridized carbons (Fsp3) is 0.667. The van der Waals surface area contributed by atoms with Crippen molar-refractivity contribution in [2.45, 2.75) is 26.2 Å². The van der Waals surface area contributed by atoms with E-state index in [0.717, 1.165) is 44.8 Å². The molecule has 0 saturated carbocycles. The molecule has 94 valence electrons. The van der Waals surface area contributed by atoms with Crippen molar-refractivity contribution >= 4 is 5.82 Å². The molecule has 0 aliphatic carbocycles. The third-order valence-corrected chi connectivity index (χ3v) is 3.01. The lowest BCUT2D eigenvalue weighted by molar-refractivity contribution is 0.185. The molecule has 1 fully saturated rings. The molecule has 1 saturated heterocycles. The Kier molecular flexibility index (Phi) is 4.14. The number of H-pyrrole nitrogens is 1. The number of aromatic nitrogens is 2. The normalized spacial score (nSPS) is 19.5. The monoisotopic (exact) mass is 237 g/mol. The van der Waals surface area contributed by atoms with Gasteiger partial charge in [-0.05, 0) is 18.8 Å². The first-order valence-corrected chi connectivity index (χ1v) is 6.19. The molecule has 2 heterocycles. The van der Waals surface area contributed by atoms with Gasteiger partial charge in [0.1, 0.15) is 11.6 Å². The van der Waals surface area contributed by atoms with Crippen LogP contribution in [0.4, 0.5) is 5.82 Å². The van der Waals surface area contributed by atoms with E-state index < -0.39 is 0 Å². The number of rotatable bonds is 5. The summed E-state index contributed by atoms with van der Waals surface area (Å²) in [7, 11) is 0. The third-order valence-electron chi connectivity index (χ3n) is 3.01. The van der Waals surface area contributed by atoms with Gasteiger partial charge in [0.05, 0.1) is 0 Å². The van der Waals surface area contributed by atoms with E-state index in [2.05, 4.69) is 15.3 Å². The lowest BCUT2D eigenvalue weighted by Gasteiger charge is -2.09. The Labute approximate surface area is 101 Å². The lowest BCUT2D eigenvalue weighted by Crippen LogP contribution is -2.15. The standard InChI is InChI=1S/C12H19N3O2/c1-2-10-14-11(7-12(16)15-10)13-5-3-9-4-6-17-8-9/h7,9H,2-6,8H2,1H3,(H2,13,14,15,16). The highest BCUT2D eigenvalue weighted by Gasteiger charge is 2.14. The lowest BCUT2D eigenvalue weighted by atomic mass is 10.1. The van der Waals surface area contributed by atoms with Gasteiger partial charge in [0.15, 0.2) is 0 Å². The number of ether oxygens (including phenoxy) is 1. The van der Waals surface area contributed by atoms with Gasteiger partial charge in [-0.25, -0.2) is 4.98 Å². The van der Waals surface area contributed by atoms with Crippen LogP contribution < -0.4 is 10.9 Å². The van der Waals surface area contributed by atoms with E-state index in [1.165, 1.54) is 6.07 Å². The first-order valence-electron chi connectivity index (χ1n) is 6.19. The average Bonchev–Trinajstić information content (AvgIpc) is 2.81. The Bertz CT molecular complexity index is 410. The summed E-state index contributed by atoms with van der Waals surface area (Å²) < 4.78 is 5.32. The van der Waals surface area contributed by atoms with Crippen molar-refractivity contribution in [2.24, 2.45) is 5.92 Å². The second-order valence-electron chi connectivity index (χ2n) is 4.38. The maximum Gasteiger partial charge on any atom is 0.252 e. The molecule has 5 heteroatoms. The Balaban J connectivity index is 1.85. The quantitative estimate of drug-likeness (QED) is 0.806. The highest BCUT2D eigenvalue weighted by Crippen LogP contribution is 2.15. The molecule has 0 bridgehead atoms.